The van der Waals surface area contributed by atoms with Gasteiger partial charge in [-0.25, -0.2) is 14.6 Å². The minimum Gasteiger partial charge on any atom is -0.394 e. The Morgan fingerprint density at radius 1 is 1.32 bits per heavy atom. The fraction of sp³-hybridized carbons (Fsp3) is 0.412. The van der Waals surface area contributed by atoms with Crippen LogP contribution in [0.15, 0.2) is 35.4 Å². The quantitative estimate of drug-likeness (QED) is 0.688. The standard InChI is InChI=1S/C17H21N5O2S/c1-12(16-19-15(7-10-25-2)20-22(16)8-9-23)21-11-18-14-6-4-3-5-13(14)17(21)24/h3-6,11-12,23H,7-10H2,1-2H3. The Labute approximate surface area is 149 Å². The maximum absolute atomic E-state index is 12.8. The summed E-state index contributed by atoms with van der Waals surface area (Å²) in [6, 6.07) is 6.95. The second-order valence-corrected chi connectivity index (χ2v) is 6.71. The number of benzene rings is 1. The number of aliphatic hydroxyl groups excluding tert-OH is 1. The molecule has 0 aliphatic carbocycles. The van der Waals surface area contributed by atoms with E-state index in [9.17, 15) is 9.90 Å². The third kappa shape index (κ3) is 3.59. The van der Waals surface area contributed by atoms with E-state index in [0.717, 1.165) is 18.0 Å². The van der Waals surface area contributed by atoms with Gasteiger partial charge in [-0.3, -0.25) is 9.36 Å². The first-order valence-corrected chi connectivity index (χ1v) is 9.54. The first-order chi connectivity index (χ1) is 12.2. The summed E-state index contributed by atoms with van der Waals surface area (Å²) in [5, 5.41) is 14.4. The van der Waals surface area contributed by atoms with E-state index in [2.05, 4.69) is 15.1 Å². The van der Waals surface area contributed by atoms with E-state index in [1.165, 1.54) is 0 Å². The third-order valence-electron chi connectivity index (χ3n) is 4.07. The molecule has 0 radical (unpaired) electrons. The van der Waals surface area contributed by atoms with Gasteiger partial charge in [0.1, 0.15) is 5.82 Å². The van der Waals surface area contributed by atoms with E-state index in [4.69, 9.17) is 0 Å². The summed E-state index contributed by atoms with van der Waals surface area (Å²) in [6.07, 6.45) is 4.34. The van der Waals surface area contributed by atoms with E-state index >= 15 is 0 Å². The number of aliphatic hydroxyl groups is 1. The van der Waals surface area contributed by atoms with Gasteiger partial charge in [-0.1, -0.05) is 12.1 Å². The Hall–Kier alpha value is -2.19. The number of aryl methyl sites for hydroxylation is 1. The van der Waals surface area contributed by atoms with Crippen molar-refractivity contribution in [3.05, 3.63) is 52.6 Å². The maximum Gasteiger partial charge on any atom is 0.261 e. The van der Waals surface area contributed by atoms with E-state index in [1.807, 2.05) is 31.4 Å². The van der Waals surface area contributed by atoms with Crippen LogP contribution in [0.2, 0.25) is 0 Å². The van der Waals surface area contributed by atoms with Crippen LogP contribution in [-0.2, 0) is 13.0 Å². The fourth-order valence-electron chi connectivity index (χ4n) is 2.75. The van der Waals surface area contributed by atoms with Crippen LogP contribution in [0, 0.1) is 0 Å². The van der Waals surface area contributed by atoms with Crippen molar-refractivity contribution in [2.24, 2.45) is 0 Å². The molecule has 3 rings (SSSR count). The Balaban J connectivity index is 2.02. The Bertz CT molecular complexity index is 921. The molecule has 0 bridgehead atoms. The highest BCUT2D eigenvalue weighted by Crippen LogP contribution is 2.16. The van der Waals surface area contributed by atoms with Gasteiger partial charge < -0.3 is 5.11 Å². The normalized spacial score (nSPS) is 12.6. The molecule has 0 saturated heterocycles. The lowest BCUT2D eigenvalue weighted by atomic mass is 10.2. The summed E-state index contributed by atoms with van der Waals surface area (Å²) < 4.78 is 3.25. The Morgan fingerprint density at radius 2 is 2.12 bits per heavy atom. The number of fused-ring (bicyclic) bond motifs is 1. The van der Waals surface area contributed by atoms with Gasteiger partial charge in [-0.05, 0) is 25.3 Å². The molecule has 0 aliphatic heterocycles. The number of hydrogen-bond donors (Lipinski definition) is 1. The van der Waals surface area contributed by atoms with Gasteiger partial charge in [-0.2, -0.15) is 16.9 Å². The van der Waals surface area contributed by atoms with Crippen molar-refractivity contribution in [3.63, 3.8) is 0 Å². The van der Waals surface area contributed by atoms with Crippen molar-refractivity contribution in [2.75, 3.05) is 18.6 Å². The lowest BCUT2D eigenvalue weighted by Gasteiger charge is -2.15. The maximum atomic E-state index is 12.8. The summed E-state index contributed by atoms with van der Waals surface area (Å²) in [7, 11) is 0. The highest BCUT2D eigenvalue weighted by atomic mass is 32.2. The van der Waals surface area contributed by atoms with Crippen LogP contribution in [0.25, 0.3) is 10.9 Å². The third-order valence-corrected chi connectivity index (χ3v) is 4.68. The molecule has 8 heteroatoms. The molecule has 0 saturated carbocycles. The van der Waals surface area contributed by atoms with Gasteiger partial charge in [0.05, 0.1) is 36.4 Å². The second kappa shape index (κ2) is 7.79. The molecule has 0 amide bonds. The van der Waals surface area contributed by atoms with Crippen molar-refractivity contribution in [1.82, 2.24) is 24.3 Å². The lowest BCUT2D eigenvalue weighted by Crippen LogP contribution is -2.26. The number of thioether (sulfide) groups is 1. The largest absolute Gasteiger partial charge is 0.394 e. The predicted octanol–water partition coefficient (Wildman–Crippen LogP) is 1.50. The SMILES string of the molecule is CSCCc1nc(C(C)n2cnc3ccccc3c2=O)n(CCO)n1. The summed E-state index contributed by atoms with van der Waals surface area (Å²) in [5.41, 5.74) is 0.566. The molecule has 1 atom stereocenters. The van der Waals surface area contributed by atoms with Crippen LogP contribution in [-0.4, -0.2) is 48.0 Å². The van der Waals surface area contributed by atoms with Gasteiger partial charge in [0.2, 0.25) is 0 Å². The zero-order valence-electron chi connectivity index (χ0n) is 14.3. The Kier molecular flexibility index (Phi) is 5.50. The zero-order chi connectivity index (χ0) is 17.8. The summed E-state index contributed by atoms with van der Waals surface area (Å²) >= 11 is 1.73. The van der Waals surface area contributed by atoms with Crippen LogP contribution >= 0.6 is 11.8 Å². The molecule has 1 aromatic carbocycles. The highest BCUT2D eigenvalue weighted by molar-refractivity contribution is 7.98. The number of rotatable bonds is 7. The smallest absolute Gasteiger partial charge is 0.261 e. The molecule has 3 aromatic rings. The van der Waals surface area contributed by atoms with Crippen molar-refractivity contribution in [1.29, 1.82) is 0 Å². The minimum atomic E-state index is -0.327. The van der Waals surface area contributed by atoms with Crippen LogP contribution in [0.1, 0.15) is 24.6 Å². The van der Waals surface area contributed by atoms with Gasteiger partial charge in [0.15, 0.2) is 5.82 Å². The number of nitrogens with zero attached hydrogens (tertiary/aromatic N) is 5. The molecule has 132 valence electrons. The van der Waals surface area contributed by atoms with Gasteiger partial charge in [-0.15, -0.1) is 0 Å². The molecule has 0 fully saturated rings. The average Bonchev–Trinajstić information content (AvgIpc) is 3.03. The molecule has 25 heavy (non-hydrogen) atoms. The second-order valence-electron chi connectivity index (χ2n) is 5.73. The molecular weight excluding hydrogens is 338 g/mol. The molecule has 1 unspecified atom stereocenters. The van der Waals surface area contributed by atoms with Crippen LogP contribution in [0.5, 0.6) is 0 Å². The average molecular weight is 359 g/mol. The fourth-order valence-corrected chi connectivity index (χ4v) is 3.14. The zero-order valence-corrected chi connectivity index (χ0v) is 15.1. The van der Waals surface area contributed by atoms with Crippen LogP contribution < -0.4 is 5.56 Å². The lowest BCUT2D eigenvalue weighted by molar-refractivity contribution is 0.264. The van der Waals surface area contributed by atoms with E-state index < -0.39 is 0 Å². The predicted molar refractivity (Wildman–Crippen MR) is 99.0 cm³/mol. The minimum absolute atomic E-state index is 0.0318. The Morgan fingerprint density at radius 3 is 2.88 bits per heavy atom. The monoisotopic (exact) mass is 359 g/mol. The summed E-state index contributed by atoms with van der Waals surface area (Å²) in [5.74, 6) is 2.31. The molecule has 0 spiro atoms. The van der Waals surface area contributed by atoms with Crippen molar-refractivity contribution in [2.45, 2.75) is 25.9 Å². The van der Waals surface area contributed by atoms with Crippen molar-refractivity contribution < 1.29 is 5.11 Å². The van der Waals surface area contributed by atoms with Crippen LogP contribution in [0.3, 0.4) is 0 Å². The highest BCUT2D eigenvalue weighted by Gasteiger charge is 2.19. The van der Waals surface area contributed by atoms with Gasteiger partial charge in [0, 0.05) is 12.2 Å². The van der Waals surface area contributed by atoms with Gasteiger partial charge >= 0.3 is 0 Å². The van der Waals surface area contributed by atoms with Crippen molar-refractivity contribution >= 4 is 22.7 Å². The molecule has 0 aliphatic rings. The van der Waals surface area contributed by atoms with E-state index in [1.54, 1.807) is 33.4 Å². The molecular formula is C17H21N5O2S. The first kappa shape index (κ1) is 17.6. The van der Waals surface area contributed by atoms with Gasteiger partial charge in [0.25, 0.3) is 5.56 Å². The van der Waals surface area contributed by atoms with Crippen molar-refractivity contribution in [3.8, 4) is 0 Å². The molecule has 2 aromatic heterocycles. The number of para-hydroxylation sites is 1. The topological polar surface area (TPSA) is 85.8 Å². The number of hydrogen-bond acceptors (Lipinski definition) is 6. The van der Waals surface area contributed by atoms with Crippen LogP contribution in [0.4, 0.5) is 0 Å². The summed E-state index contributed by atoms with van der Waals surface area (Å²) in [4.78, 5) is 21.8. The molecule has 1 N–H and O–H groups in total. The van der Waals surface area contributed by atoms with E-state index in [-0.39, 0.29) is 18.2 Å². The van der Waals surface area contributed by atoms with E-state index in [0.29, 0.717) is 23.3 Å². The molecule has 2 heterocycles. The molecule has 7 nitrogen and oxygen atoms in total. The summed E-state index contributed by atoms with van der Waals surface area (Å²) in [6.45, 7) is 2.21. The first-order valence-electron chi connectivity index (χ1n) is 8.15. The number of aromatic nitrogens is 5.